The predicted molar refractivity (Wildman–Crippen MR) is 141 cm³/mol. The van der Waals surface area contributed by atoms with Gasteiger partial charge in [-0.15, -0.1) is 0 Å². The van der Waals surface area contributed by atoms with E-state index in [0.717, 1.165) is 49.2 Å². The van der Waals surface area contributed by atoms with E-state index in [4.69, 9.17) is 11.6 Å². The highest BCUT2D eigenvalue weighted by molar-refractivity contribution is 7.92. The van der Waals surface area contributed by atoms with E-state index >= 15 is 0 Å². The lowest BCUT2D eigenvalue weighted by Crippen LogP contribution is -2.43. The molecule has 1 aliphatic rings. The van der Waals surface area contributed by atoms with Crippen LogP contribution < -0.4 is 20.3 Å². The number of rotatable bonds is 6. The zero-order chi connectivity index (χ0) is 25.3. The van der Waals surface area contributed by atoms with E-state index in [0.29, 0.717) is 22.0 Å². The third-order valence-corrected chi connectivity index (χ3v) is 6.58. The van der Waals surface area contributed by atoms with Crippen LogP contribution in [0.15, 0.2) is 60.9 Å². The van der Waals surface area contributed by atoms with Crippen molar-refractivity contribution in [3.8, 4) is 11.1 Å². The van der Waals surface area contributed by atoms with Gasteiger partial charge in [0.2, 0.25) is 10.0 Å². The molecule has 3 heterocycles. The minimum atomic E-state index is -3.48. The number of sulfonamides is 1. The summed E-state index contributed by atoms with van der Waals surface area (Å²) in [5, 5.41) is 11.1. The number of hydrogen-bond donors (Lipinski definition) is 3. The second-order valence-corrected chi connectivity index (χ2v) is 10.6. The number of carbonyl (C=O) groups is 1. The summed E-state index contributed by atoms with van der Waals surface area (Å²) in [4.78, 5) is 20.0. The molecule has 2 aromatic carbocycles. The van der Waals surface area contributed by atoms with Gasteiger partial charge in [-0.3, -0.25) is 9.52 Å². The number of hydrogen-bond acceptors (Lipinski definition) is 7. The fourth-order valence-electron chi connectivity index (χ4n) is 4.14. The van der Waals surface area contributed by atoms with Crippen molar-refractivity contribution in [1.82, 2.24) is 19.9 Å². The summed E-state index contributed by atoms with van der Waals surface area (Å²) in [5.74, 6) is -0.427. The molecule has 10 nitrogen and oxygen atoms in total. The second kappa shape index (κ2) is 9.76. The SMILES string of the molecule is CS(=O)(=O)Nc1ccc(N2CCNCC2)c(NC(=O)c2ccn3ncc(-c4cccc(Cl)c4)c3n2)c1. The first-order chi connectivity index (χ1) is 17.3. The van der Waals surface area contributed by atoms with Crippen molar-refractivity contribution < 1.29 is 13.2 Å². The molecule has 5 rings (SSSR count). The molecular formula is C24H24ClN7O3S. The van der Waals surface area contributed by atoms with Gasteiger partial charge in [-0.05, 0) is 42.0 Å². The first-order valence-corrected chi connectivity index (χ1v) is 13.5. The Morgan fingerprint density at radius 1 is 1.11 bits per heavy atom. The smallest absolute Gasteiger partial charge is 0.274 e. The van der Waals surface area contributed by atoms with Gasteiger partial charge < -0.3 is 15.5 Å². The summed E-state index contributed by atoms with van der Waals surface area (Å²) >= 11 is 6.15. The monoisotopic (exact) mass is 525 g/mol. The number of piperazine rings is 1. The largest absolute Gasteiger partial charge is 0.367 e. The molecular weight excluding hydrogens is 502 g/mol. The van der Waals surface area contributed by atoms with Crippen molar-refractivity contribution in [3.05, 3.63) is 71.6 Å². The maximum Gasteiger partial charge on any atom is 0.274 e. The van der Waals surface area contributed by atoms with Gasteiger partial charge in [0, 0.05) is 43.0 Å². The van der Waals surface area contributed by atoms with Crippen LogP contribution in [0.2, 0.25) is 5.02 Å². The lowest BCUT2D eigenvalue weighted by Gasteiger charge is -2.31. The Morgan fingerprint density at radius 3 is 2.67 bits per heavy atom. The van der Waals surface area contributed by atoms with Crippen molar-refractivity contribution in [2.24, 2.45) is 0 Å². The average Bonchev–Trinajstić information content (AvgIpc) is 3.27. The van der Waals surface area contributed by atoms with Crippen LogP contribution in [0.1, 0.15) is 10.5 Å². The number of aromatic nitrogens is 3. The number of amides is 1. The van der Waals surface area contributed by atoms with E-state index in [1.165, 1.54) is 0 Å². The van der Waals surface area contributed by atoms with E-state index in [1.54, 1.807) is 47.2 Å². The number of nitrogens with one attached hydrogen (secondary N) is 3. The van der Waals surface area contributed by atoms with Gasteiger partial charge in [-0.1, -0.05) is 23.7 Å². The number of nitrogens with zero attached hydrogens (tertiary/aromatic N) is 4. The molecule has 1 saturated heterocycles. The highest BCUT2D eigenvalue weighted by Crippen LogP contribution is 2.31. The number of halogens is 1. The topological polar surface area (TPSA) is 121 Å². The van der Waals surface area contributed by atoms with Gasteiger partial charge >= 0.3 is 0 Å². The Kier molecular flexibility index (Phi) is 6.52. The van der Waals surface area contributed by atoms with Crippen molar-refractivity contribution in [1.29, 1.82) is 0 Å². The van der Waals surface area contributed by atoms with Gasteiger partial charge in [0.05, 0.1) is 29.5 Å². The first kappa shape index (κ1) is 24.0. The molecule has 1 amide bonds. The maximum absolute atomic E-state index is 13.3. The summed E-state index contributed by atoms with van der Waals surface area (Å²) in [7, 11) is -3.48. The molecule has 0 saturated carbocycles. The minimum absolute atomic E-state index is 0.194. The van der Waals surface area contributed by atoms with Crippen LogP contribution in [-0.2, 0) is 10.0 Å². The van der Waals surface area contributed by atoms with Crippen LogP contribution in [0.4, 0.5) is 17.1 Å². The number of fused-ring (bicyclic) bond motifs is 1. The molecule has 0 unspecified atom stereocenters. The molecule has 0 atom stereocenters. The Hall–Kier alpha value is -3.67. The molecule has 0 spiro atoms. The average molecular weight is 526 g/mol. The van der Waals surface area contributed by atoms with E-state index < -0.39 is 15.9 Å². The highest BCUT2D eigenvalue weighted by atomic mass is 35.5. The summed E-state index contributed by atoms with van der Waals surface area (Å²) in [6.07, 6.45) is 4.43. The molecule has 0 bridgehead atoms. The van der Waals surface area contributed by atoms with Gasteiger partial charge in [0.25, 0.3) is 5.91 Å². The zero-order valence-corrected chi connectivity index (χ0v) is 21.0. The van der Waals surface area contributed by atoms with Gasteiger partial charge in [0.15, 0.2) is 5.65 Å². The number of anilines is 3. The van der Waals surface area contributed by atoms with Crippen molar-refractivity contribution in [2.45, 2.75) is 0 Å². The number of carbonyl (C=O) groups excluding carboxylic acids is 1. The highest BCUT2D eigenvalue weighted by Gasteiger charge is 2.19. The molecule has 1 fully saturated rings. The standard InChI is InChI=1S/C24H24ClN7O3S/c1-36(34,35)30-18-5-6-22(31-11-8-26-9-12-31)21(14-18)29-24(33)20-7-10-32-23(28-20)19(15-27-32)16-3-2-4-17(25)13-16/h2-7,10,13-15,26,30H,8-9,11-12H2,1H3,(H,29,33). The fraction of sp³-hybridized carbons (Fsp3) is 0.208. The third-order valence-electron chi connectivity index (χ3n) is 5.74. The Labute approximate surface area is 213 Å². The lowest BCUT2D eigenvalue weighted by atomic mass is 10.1. The zero-order valence-electron chi connectivity index (χ0n) is 19.4. The summed E-state index contributed by atoms with van der Waals surface area (Å²) in [5.41, 5.74) is 3.93. The second-order valence-electron chi connectivity index (χ2n) is 8.45. The number of benzene rings is 2. The van der Waals surface area contributed by atoms with E-state index in [9.17, 15) is 13.2 Å². The van der Waals surface area contributed by atoms with E-state index in [1.807, 2.05) is 18.2 Å². The molecule has 4 aromatic rings. The first-order valence-electron chi connectivity index (χ1n) is 11.3. The predicted octanol–water partition coefficient (Wildman–Crippen LogP) is 3.08. The van der Waals surface area contributed by atoms with Gasteiger partial charge in [-0.25, -0.2) is 17.9 Å². The van der Waals surface area contributed by atoms with Crippen molar-refractivity contribution >= 4 is 50.2 Å². The van der Waals surface area contributed by atoms with Crippen LogP contribution >= 0.6 is 11.6 Å². The molecule has 1 aliphatic heterocycles. The lowest BCUT2D eigenvalue weighted by molar-refractivity contribution is 0.102. The summed E-state index contributed by atoms with van der Waals surface area (Å²) in [6, 6.07) is 14.0. The van der Waals surface area contributed by atoms with Gasteiger partial charge in [0.1, 0.15) is 5.69 Å². The molecule has 0 aliphatic carbocycles. The third kappa shape index (κ3) is 5.27. The van der Waals surface area contributed by atoms with Crippen LogP contribution in [0, 0.1) is 0 Å². The molecule has 3 N–H and O–H groups in total. The normalized spacial score (nSPS) is 14.1. The summed E-state index contributed by atoms with van der Waals surface area (Å²) in [6.45, 7) is 3.13. The Bertz CT molecular complexity index is 1550. The van der Waals surface area contributed by atoms with E-state index in [-0.39, 0.29) is 5.69 Å². The Balaban J connectivity index is 1.49. The molecule has 36 heavy (non-hydrogen) atoms. The molecule has 0 radical (unpaired) electrons. The van der Waals surface area contributed by atoms with Crippen LogP contribution in [-0.4, -0.2) is 61.4 Å². The molecule has 2 aromatic heterocycles. The van der Waals surface area contributed by atoms with Crippen molar-refractivity contribution in [2.75, 3.05) is 47.4 Å². The Morgan fingerprint density at radius 2 is 1.92 bits per heavy atom. The van der Waals surface area contributed by atoms with Crippen molar-refractivity contribution in [3.63, 3.8) is 0 Å². The van der Waals surface area contributed by atoms with Crippen LogP contribution in [0.5, 0.6) is 0 Å². The molecule has 186 valence electrons. The fourth-order valence-corrected chi connectivity index (χ4v) is 4.88. The van der Waals surface area contributed by atoms with E-state index in [2.05, 4.69) is 30.3 Å². The quantitative estimate of drug-likeness (QED) is 0.354. The minimum Gasteiger partial charge on any atom is -0.367 e. The molecule has 12 heteroatoms. The van der Waals surface area contributed by atoms with Crippen LogP contribution in [0.3, 0.4) is 0 Å². The van der Waals surface area contributed by atoms with Crippen LogP contribution in [0.25, 0.3) is 16.8 Å². The van der Waals surface area contributed by atoms with Gasteiger partial charge in [-0.2, -0.15) is 5.10 Å². The summed E-state index contributed by atoms with van der Waals surface area (Å²) < 4.78 is 27.6. The maximum atomic E-state index is 13.3.